The maximum Gasteiger partial charge on any atom is 0.215 e. The molecule has 3 heterocycles. The molecule has 2 atom stereocenters. The number of nitrogens with one attached hydrogen (secondary N) is 3. The van der Waals surface area contributed by atoms with Gasteiger partial charge >= 0.3 is 0 Å². The number of halogens is 2. The molecule has 0 radical (unpaired) electrons. The Hall–Kier alpha value is -2.28. The smallest absolute Gasteiger partial charge is 0.215 e. The van der Waals surface area contributed by atoms with E-state index in [1.807, 2.05) is 30.3 Å². The lowest BCUT2D eigenvalue weighted by Crippen LogP contribution is -2.29. The summed E-state index contributed by atoms with van der Waals surface area (Å²) in [6.07, 6.45) is 6.10. The zero-order valence-electron chi connectivity index (χ0n) is 15.9. The number of hydrogen-bond acceptors (Lipinski definition) is 5. The number of nitrogens with zero attached hydrogens (tertiary/aromatic N) is 2. The van der Waals surface area contributed by atoms with E-state index in [0.29, 0.717) is 28.4 Å². The summed E-state index contributed by atoms with van der Waals surface area (Å²) in [5, 5.41) is 8.05. The van der Waals surface area contributed by atoms with Crippen LogP contribution >= 0.6 is 23.2 Å². The first-order valence-electron chi connectivity index (χ1n) is 9.71. The van der Waals surface area contributed by atoms with Crippen molar-refractivity contribution in [1.29, 1.82) is 0 Å². The first-order chi connectivity index (χ1) is 14.2. The van der Waals surface area contributed by atoms with E-state index in [-0.39, 0.29) is 6.10 Å². The summed E-state index contributed by atoms with van der Waals surface area (Å²) in [5.74, 6) is 2.04. The minimum absolute atomic E-state index is 0.348. The fourth-order valence-electron chi connectivity index (χ4n) is 3.47. The summed E-state index contributed by atoms with van der Waals surface area (Å²) in [7, 11) is 0. The van der Waals surface area contributed by atoms with Gasteiger partial charge in [0.15, 0.2) is 6.10 Å². The third-order valence-corrected chi connectivity index (χ3v) is 5.28. The van der Waals surface area contributed by atoms with E-state index in [2.05, 4.69) is 25.6 Å². The Bertz CT molecular complexity index is 908. The van der Waals surface area contributed by atoms with Crippen LogP contribution in [0.4, 0.5) is 5.82 Å². The lowest BCUT2D eigenvalue weighted by atomic mass is 10.1. The quantitative estimate of drug-likeness (QED) is 0.484. The maximum atomic E-state index is 6.21. The Morgan fingerprint density at radius 1 is 1.21 bits per heavy atom. The highest BCUT2D eigenvalue weighted by Crippen LogP contribution is 2.26. The van der Waals surface area contributed by atoms with Gasteiger partial charge in [-0.2, -0.15) is 4.98 Å². The second-order valence-electron chi connectivity index (χ2n) is 7.10. The van der Waals surface area contributed by atoms with Crippen molar-refractivity contribution in [3.8, 4) is 5.88 Å². The molecule has 1 saturated heterocycles. The number of benzene rings is 1. The molecule has 0 bridgehead atoms. The molecule has 8 heteroatoms. The van der Waals surface area contributed by atoms with E-state index < -0.39 is 0 Å². The number of hydrogen-bond donors (Lipinski definition) is 3. The summed E-state index contributed by atoms with van der Waals surface area (Å²) >= 11 is 12.3. The highest BCUT2D eigenvalue weighted by Gasteiger charge is 2.19. The summed E-state index contributed by atoms with van der Waals surface area (Å²) in [6.45, 7) is 1.93. The van der Waals surface area contributed by atoms with E-state index in [4.69, 9.17) is 27.9 Å². The molecule has 0 amide bonds. The lowest BCUT2D eigenvalue weighted by Gasteiger charge is -2.18. The van der Waals surface area contributed by atoms with Crippen LogP contribution in [-0.4, -0.2) is 34.1 Å². The monoisotopic (exact) mass is 431 g/mol. The Morgan fingerprint density at radius 3 is 2.79 bits per heavy atom. The van der Waals surface area contributed by atoms with Crippen LogP contribution < -0.4 is 15.4 Å². The number of rotatable bonds is 8. The van der Waals surface area contributed by atoms with E-state index >= 15 is 0 Å². The van der Waals surface area contributed by atoms with Gasteiger partial charge in [0, 0.05) is 47.5 Å². The topological polar surface area (TPSA) is 74.9 Å². The molecule has 0 aliphatic carbocycles. The Labute approximate surface area is 180 Å². The van der Waals surface area contributed by atoms with Crippen molar-refractivity contribution in [1.82, 2.24) is 20.3 Å². The largest absolute Gasteiger partial charge is 0.466 e. The third kappa shape index (κ3) is 5.63. The van der Waals surface area contributed by atoms with Crippen LogP contribution in [-0.2, 0) is 6.42 Å². The zero-order valence-corrected chi connectivity index (χ0v) is 17.4. The summed E-state index contributed by atoms with van der Waals surface area (Å²) in [4.78, 5) is 12.1. The van der Waals surface area contributed by atoms with Gasteiger partial charge in [-0.3, -0.25) is 0 Å². The molecule has 0 saturated carbocycles. The van der Waals surface area contributed by atoms with Crippen molar-refractivity contribution in [2.75, 3.05) is 18.4 Å². The fraction of sp³-hybridized carbons (Fsp3) is 0.333. The van der Waals surface area contributed by atoms with Gasteiger partial charge in [0.05, 0.1) is 0 Å². The second kappa shape index (κ2) is 9.48. The molecule has 29 heavy (non-hydrogen) atoms. The van der Waals surface area contributed by atoms with E-state index in [9.17, 15) is 0 Å². The molecule has 3 N–H and O–H groups in total. The van der Waals surface area contributed by atoms with Crippen LogP contribution in [0.15, 0.2) is 48.8 Å². The van der Waals surface area contributed by atoms with Gasteiger partial charge in [-0.25, -0.2) is 4.98 Å². The number of anilines is 1. The first kappa shape index (κ1) is 20.0. The van der Waals surface area contributed by atoms with Crippen LogP contribution in [0.1, 0.15) is 30.3 Å². The number of H-pyrrole nitrogens is 1. The SMILES string of the molecule is Clc1cc(Cl)cc(C[C@H](Oc2cccc(NCC3CCCN3)n2)c2ncc[nH]2)c1. The lowest BCUT2D eigenvalue weighted by molar-refractivity contribution is 0.189. The standard InChI is InChI=1S/C21H23Cl2N5O/c22-15-9-14(10-16(23)12-15)11-18(21-25-7-8-26-21)29-20-5-1-4-19(28-20)27-13-17-3-2-6-24-17/h1,4-5,7-10,12,17-18,24H,2-3,6,11,13H2,(H,25,26)(H,27,28)/t17?,18-/m0/s1. The van der Waals surface area contributed by atoms with E-state index in [1.54, 1.807) is 18.5 Å². The second-order valence-corrected chi connectivity index (χ2v) is 7.97. The Balaban J connectivity index is 1.48. The molecule has 3 aromatic rings. The van der Waals surface area contributed by atoms with Crippen molar-refractivity contribution in [3.05, 3.63) is 70.2 Å². The molecule has 1 aromatic carbocycles. The van der Waals surface area contributed by atoms with E-state index in [1.165, 1.54) is 12.8 Å². The predicted octanol–water partition coefficient (Wildman–Crippen LogP) is 4.64. The van der Waals surface area contributed by atoms with Crippen molar-refractivity contribution in [2.45, 2.75) is 31.4 Å². The number of imidazole rings is 1. The van der Waals surface area contributed by atoms with Crippen molar-refractivity contribution >= 4 is 29.0 Å². The van der Waals surface area contributed by atoms with Gasteiger partial charge in [-0.05, 0) is 49.2 Å². The molecule has 1 aliphatic heterocycles. The van der Waals surface area contributed by atoms with Crippen LogP contribution in [0.25, 0.3) is 0 Å². The number of ether oxygens (including phenoxy) is 1. The molecule has 152 valence electrons. The molecule has 4 rings (SSSR count). The van der Waals surface area contributed by atoms with Crippen molar-refractivity contribution in [2.24, 2.45) is 0 Å². The maximum absolute atomic E-state index is 6.21. The van der Waals surface area contributed by atoms with Crippen LogP contribution in [0.3, 0.4) is 0 Å². The predicted molar refractivity (Wildman–Crippen MR) is 116 cm³/mol. The number of pyridine rings is 1. The van der Waals surface area contributed by atoms with Crippen LogP contribution in [0.2, 0.25) is 10.0 Å². The summed E-state index contributed by atoms with van der Waals surface area (Å²) in [5.41, 5.74) is 0.963. The minimum atomic E-state index is -0.348. The highest BCUT2D eigenvalue weighted by atomic mass is 35.5. The molecule has 1 aliphatic rings. The van der Waals surface area contributed by atoms with Gasteiger partial charge in [-0.15, -0.1) is 0 Å². The number of aromatic amines is 1. The van der Waals surface area contributed by atoms with Crippen molar-refractivity contribution < 1.29 is 4.74 Å². The van der Waals surface area contributed by atoms with Crippen LogP contribution in [0, 0.1) is 0 Å². The fourth-order valence-corrected chi connectivity index (χ4v) is 4.05. The zero-order chi connectivity index (χ0) is 20.1. The van der Waals surface area contributed by atoms with Crippen molar-refractivity contribution in [3.63, 3.8) is 0 Å². The van der Waals surface area contributed by atoms with Gasteiger partial charge in [0.25, 0.3) is 0 Å². The van der Waals surface area contributed by atoms with Gasteiger partial charge in [-0.1, -0.05) is 29.3 Å². The molecular formula is C21H23Cl2N5O. The summed E-state index contributed by atoms with van der Waals surface area (Å²) < 4.78 is 6.21. The average Bonchev–Trinajstić information content (AvgIpc) is 3.40. The highest BCUT2D eigenvalue weighted by molar-refractivity contribution is 6.34. The van der Waals surface area contributed by atoms with Gasteiger partial charge in [0.1, 0.15) is 11.6 Å². The molecule has 0 spiro atoms. The van der Waals surface area contributed by atoms with E-state index in [0.717, 1.165) is 30.3 Å². The molecule has 1 unspecified atom stereocenters. The summed E-state index contributed by atoms with van der Waals surface area (Å²) in [6, 6.07) is 11.7. The normalized spacial score (nSPS) is 17.2. The minimum Gasteiger partial charge on any atom is -0.466 e. The Morgan fingerprint density at radius 2 is 2.07 bits per heavy atom. The first-order valence-corrected chi connectivity index (χ1v) is 10.5. The Kier molecular flexibility index (Phi) is 6.54. The molecule has 1 fully saturated rings. The average molecular weight is 432 g/mol. The number of aromatic nitrogens is 3. The molecular weight excluding hydrogens is 409 g/mol. The van der Waals surface area contributed by atoms with Gasteiger partial charge < -0.3 is 20.4 Å². The van der Waals surface area contributed by atoms with Crippen LogP contribution in [0.5, 0.6) is 5.88 Å². The third-order valence-electron chi connectivity index (χ3n) is 4.85. The molecule has 2 aromatic heterocycles. The molecule has 6 nitrogen and oxygen atoms in total. The van der Waals surface area contributed by atoms with Gasteiger partial charge in [0.2, 0.25) is 5.88 Å².